The van der Waals surface area contributed by atoms with Gasteiger partial charge in [0.05, 0.1) is 0 Å². The summed E-state index contributed by atoms with van der Waals surface area (Å²) in [7, 11) is 0. The predicted octanol–water partition coefficient (Wildman–Crippen LogP) is 3.75. The van der Waals surface area contributed by atoms with Gasteiger partial charge in [0.2, 0.25) is 5.91 Å². The van der Waals surface area contributed by atoms with Gasteiger partial charge in [-0.05, 0) is 35.6 Å². The van der Waals surface area contributed by atoms with Gasteiger partial charge in [-0.1, -0.05) is 31.2 Å². The molecule has 3 aromatic rings. The molecule has 6 nitrogen and oxygen atoms in total. The molecule has 0 aliphatic heterocycles. The Labute approximate surface area is 164 Å². The quantitative estimate of drug-likeness (QED) is 0.532. The minimum Gasteiger partial charge on any atom is -0.507 e. The summed E-state index contributed by atoms with van der Waals surface area (Å²) >= 11 is 0. The number of carbonyl (C=O) groups is 2. The van der Waals surface area contributed by atoms with E-state index >= 15 is 0 Å². The molecule has 0 saturated heterocycles. The molecule has 0 spiro atoms. The van der Waals surface area contributed by atoms with E-state index in [4.69, 9.17) is 4.74 Å². The summed E-state index contributed by atoms with van der Waals surface area (Å²) in [6.07, 6.45) is 4.19. The molecule has 1 heterocycles. The highest BCUT2D eigenvalue weighted by Gasteiger charge is 2.10. The largest absolute Gasteiger partial charge is 0.507 e. The monoisotopic (exact) mass is 380 g/mol. The minimum atomic E-state index is -0.359. The molecule has 0 saturated carbocycles. The fourth-order valence-corrected chi connectivity index (χ4v) is 2.70. The Bertz CT molecular complexity index is 964. The standard InChI is InChI=1S/C13H17NO3.C9H7NO/c1-4-11-6-5-7-13(17-10(3)16)12(11)8-14-9(2)15;11-9-3-1-2-7-4-5-10-6-8(7)9/h5-7H,4,8H2,1-3H3,(H,14,15);1-6,11H. The lowest BCUT2D eigenvalue weighted by molar-refractivity contribution is -0.131. The molecule has 0 fully saturated rings. The molecule has 0 unspecified atom stereocenters. The maximum absolute atomic E-state index is 11.0. The molecule has 28 heavy (non-hydrogen) atoms. The van der Waals surface area contributed by atoms with Crippen molar-refractivity contribution >= 4 is 22.6 Å². The van der Waals surface area contributed by atoms with E-state index in [-0.39, 0.29) is 17.6 Å². The average Bonchev–Trinajstić information content (AvgIpc) is 2.67. The lowest BCUT2D eigenvalue weighted by Gasteiger charge is -2.13. The van der Waals surface area contributed by atoms with Crippen LogP contribution >= 0.6 is 0 Å². The average molecular weight is 380 g/mol. The van der Waals surface area contributed by atoms with Crippen molar-refractivity contribution in [2.75, 3.05) is 0 Å². The predicted molar refractivity (Wildman–Crippen MR) is 108 cm³/mol. The van der Waals surface area contributed by atoms with Crippen LogP contribution in [0.3, 0.4) is 0 Å². The highest BCUT2D eigenvalue weighted by molar-refractivity contribution is 5.86. The Hall–Kier alpha value is -3.41. The number of ether oxygens (including phenoxy) is 1. The lowest BCUT2D eigenvalue weighted by Crippen LogP contribution is -2.20. The van der Waals surface area contributed by atoms with E-state index in [1.165, 1.54) is 13.8 Å². The first-order chi connectivity index (χ1) is 13.4. The van der Waals surface area contributed by atoms with Gasteiger partial charge in [-0.2, -0.15) is 0 Å². The molecule has 0 aliphatic rings. The van der Waals surface area contributed by atoms with Gasteiger partial charge in [-0.25, -0.2) is 0 Å². The topological polar surface area (TPSA) is 88.5 Å². The fourth-order valence-electron chi connectivity index (χ4n) is 2.70. The first kappa shape index (κ1) is 20.9. The molecule has 146 valence electrons. The second-order valence-corrected chi connectivity index (χ2v) is 6.12. The number of rotatable bonds is 4. The number of hydrogen-bond acceptors (Lipinski definition) is 5. The number of aromatic nitrogens is 1. The molecular formula is C22H24N2O4. The van der Waals surface area contributed by atoms with Gasteiger partial charge in [-0.15, -0.1) is 0 Å². The van der Waals surface area contributed by atoms with Crippen molar-refractivity contribution in [1.82, 2.24) is 10.3 Å². The zero-order chi connectivity index (χ0) is 20.5. The van der Waals surface area contributed by atoms with Crippen LogP contribution in [0.15, 0.2) is 54.9 Å². The Balaban J connectivity index is 0.000000218. The molecule has 3 rings (SSSR count). The molecule has 1 amide bonds. The van der Waals surface area contributed by atoms with Crippen LogP contribution in [0.2, 0.25) is 0 Å². The molecule has 2 N–H and O–H groups in total. The van der Waals surface area contributed by atoms with Crippen LogP contribution < -0.4 is 10.1 Å². The SMILES string of the molecule is CCc1cccc(OC(C)=O)c1CNC(C)=O.Oc1cccc2ccncc12. The normalized spacial score (nSPS) is 9.96. The summed E-state index contributed by atoms with van der Waals surface area (Å²) in [6, 6.07) is 12.8. The van der Waals surface area contributed by atoms with Crippen LogP contribution in [0, 0.1) is 0 Å². The van der Waals surface area contributed by atoms with E-state index in [9.17, 15) is 14.7 Å². The Kier molecular flexibility index (Phi) is 7.51. The third kappa shape index (κ3) is 5.81. The fraction of sp³-hybridized carbons (Fsp3) is 0.227. The number of amides is 1. The van der Waals surface area contributed by atoms with E-state index in [1.54, 1.807) is 24.5 Å². The molecule has 0 bridgehead atoms. The van der Waals surface area contributed by atoms with Crippen LogP contribution in [-0.2, 0) is 22.6 Å². The van der Waals surface area contributed by atoms with Crippen LogP contribution in [0.4, 0.5) is 0 Å². The number of fused-ring (bicyclic) bond motifs is 1. The van der Waals surface area contributed by atoms with E-state index in [0.29, 0.717) is 12.3 Å². The van der Waals surface area contributed by atoms with Crippen molar-refractivity contribution in [3.8, 4) is 11.5 Å². The molecule has 0 aliphatic carbocycles. The zero-order valence-electron chi connectivity index (χ0n) is 16.2. The number of pyridine rings is 1. The van der Waals surface area contributed by atoms with Crippen molar-refractivity contribution in [2.45, 2.75) is 33.7 Å². The Morgan fingerprint density at radius 1 is 1.11 bits per heavy atom. The van der Waals surface area contributed by atoms with Crippen molar-refractivity contribution in [3.63, 3.8) is 0 Å². The number of nitrogens with one attached hydrogen (secondary N) is 1. The van der Waals surface area contributed by atoms with E-state index < -0.39 is 0 Å². The first-order valence-electron chi connectivity index (χ1n) is 8.97. The highest BCUT2D eigenvalue weighted by Crippen LogP contribution is 2.23. The van der Waals surface area contributed by atoms with E-state index in [2.05, 4.69) is 10.3 Å². The van der Waals surface area contributed by atoms with Gasteiger partial charge in [0.15, 0.2) is 0 Å². The molecule has 0 radical (unpaired) electrons. The van der Waals surface area contributed by atoms with Crippen LogP contribution in [0.1, 0.15) is 31.9 Å². The number of benzene rings is 2. The van der Waals surface area contributed by atoms with E-state index in [1.807, 2.05) is 37.3 Å². The van der Waals surface area contributed by atoms with Crippen molar-refractivity contribution in [2.24, 2.45) is 0 Å². The highest BCUT2D eigenvalue weighted by atomic mass is 16.5. The van der Waals surface area contributed by atoms with Gasteiger partial charge in [0, 0.05) is 43.7 Å². The van der Waals surface area contributed by atoms with Crippen molar-refractivity contribution < 1.29 is 19.4 Å². The van der Waals surface area contributed by atoms with Gasteiger partial charge in [0.25, 0.3) is 0 Å². The van der Waals surface area contributed by atoms with Crippen molar-refractivity contribution in [1.29, 1.82) is 0 Å². The zero-order valence-corrected chi connectivity index (χ0v) is 16.2. The summed E-state index contributed by atoms with van der Waals surface area (Å²) < 4.78 is 5.13. The first-order valence-corrected chi connectivity index (χ1v) is 8.97. The maximum Gasteiger partial charge on any atom is 0.308 e. The second kappa shape index (κ2) is 10.1. The third-order valence-corrected chi connectivity index (χ3v) is 4.04. The summed E-state index contributed by atoms with van der Waals surface area (Å²) in [5.41, 5.74) is 1.93. The number of phenolic OH excluding ortho intramolecular Hbond substituents is 1. The number of esters is 1. The molecular weight excluding hydrogens is 356 g/mol. The summed E-state index contributed by atoms with van der Waals surface area (Å²) in [5, 5.41) is 13.9. The molecule has 0 atom stereocenters. The smallest absolute Gasteiger partial charge is 0.308 e. The second-order valence-electron chi connectivity index (χ2n) is 6.12. The van der Waals surface area contributed by atoms with Crippen molar-refractivity contribution in [3.05, 3.63) is 66.0 Å². The number of nitrogens with zero attached hydrogens (tertiary/aromatic N) is 1. The lowest BCUT2D eigenvalue weighted by atomic mass is 10.0. The van der Waals surface area contributed by atoms with Gasteiger partial charge in [0.1, 0.15) is 11.5 Å². The summed E-state index contributed by atoms with van der Waals surface area (Å²) in [4.78, 5) is 25.8. The summed E-state index contributed by atoms with van der Waals surface area (Å²) in [5.74, 6) is 0.341. The number of phenols is 1. The van der Waals surface area contributed by atoms with E-state index in [0.717, 1.165) is 28.3 Å². The minimum absolute atomic E-state index is 0.107. The number of aryl methyl sites for hydroxylation is 1. The number of aromatic hydroxyl groups is 1. The molecule has 1 aromatic heterocycles. The summed E-state index contributed by atoms with van der Waals surface area (Å²) in [6.45, 7) is 5.22. The molecule has 6 heteroatoms. The van der Waals surface area contributed by atoms with Crippen LogP contribution in [0.25, 0.3) is 10.8 Å². The van der Waals surface area contributed by atoms with Crippen LogP contribution in [-0.4, -0.2) is 22.0 Å². The number of hydrogen-bond donors (Lipinski definition) is 2. The number of carbonyl (C=O) groups excluding carboxylic acids is 2. The van der Waals surface area contributed by atoms with Gasteiger partial charge >= 0.3 is 5.97 Å². The third-order valence-electron chi connectivity index (χ3n) is 4.04. The maximum atomic E-state index is 11.0. The molecule has 2 aromatic carbocycles. The Morgan fingerprint density at radius 2 is 1.86 bits per heavy atom. The Morgan fingerprint density at radius 3 is 2.50 bits per heavy atom. The van der Waals surface area contributed by atoms with Crippen LogP contribution in [0.5, 0.6) is 11.5 Å². The van der Waals surface area contributed by atoms with Gasteiger partial charge < -0.3 is 15.2 Å². The van der Waals surface area contributed by atoms with Gasteiger partial charge in [-0.3, -0.25) is 14.6 Å².